The second-order valence-electron chi connectivity index (χ2n) is 4.40. The number of hydrogen-bond acceptors (Lipinski definition) is 1. The second kappa shape index (κ2) is 5.41. The van der Waals surface area contributed by atoms with E-state index in [0.717, 1.165) is 22.9 Å². The summed E-state index contributed by atoms with van der Waals surface area (Å²) in [6.07, 6.45) is 0. The third kappa shape index (κ3) is 3.12. The van der Waals surface area contributed by atoms with E-state index in [9.17, 15) is 9.18 Å². The van der Waals surface area contributed by atoms with E-state index in [2.05, 4.69) is 5.32 Å². The van der Waals surface area contributed by atoms with E-state index in [4.69, 9.17) is 11.6 Å². The van der Waals surface area contributed by atoms with E-state index in [-0.39, 0.29) is 16.5 Å². The zero-order chi connectivity index (χ0) is 14.0. The smallest absolute Gasteiger partial charge is 0.257 e. The lowest BCUT2D eigenvalue weighted by Gasteiger charge is -2.10. The van der Waals surface area contributed by atoms with Crippen LogP contribution in [0.5, 0.6) is 0 Å². The fourth-order valence-electron chi connectivity index (χ4n) is 1.73. The van der Waals surface area contributed by atoms with Crippen molar-refractivity contribution < 1.29 is 9.18 Å². The molecule has 2 aromatic carbocycles. The van der Waals surface area contributed by atoms with Gasteiger partial charge in [0.15, 0.2) is 0 Å². The Morgan fingerprint density at radius 3 is 2.58 bits per heavy atom. The Morgan fingerprint density at radius 2 is 1.89 bits per heavy atom. The average molecular weight is 278 g/mol. The topological polar surface area (TPSA) is 29.1 Å². The minimum atomic E-state index is -0.465. The fraction of sp³-hybridized carbons (Fsp3) is 0.133. The van der Waals surface area contributed by atoms with Gasteiger partial charge in [-0.05, 0) is 49.2 Å². The maximum atomic E-state index is 12.9. The number of hydrogen-bond donors (Lipinski definition) is 1. The number of carbonyl (C=O) groups is 1. The molecule has 0 bridgehead atoms. The summed E-state index contributed by atoms with van der Waals surface area (Å²) in [7, 11) is 0. The number of nitrogens with one attached hydrogen (secondary N) is 1. The molecular formula is C15H13ClFNO. The molecule has 98 valence electrons. The summed E-state index contributed by atoms with van der Waals surface area (Å²) in [5.41, 5.74) is 2.98. The molecule has 0 unspecified atom stereocenters. The third-order valence-corrected chi connectivity index (χ3v) is 3.13. The van der Waals surface area contributed by atoms with Gasteiger partial charge in [-0.1, -0.05) is 23.7 Å². The summed E-state index contributed by atoms with van der Waals surface area (Å²) in [5.74, 6) is -0.813. The molecule has 0 atom stereocenters. The number of aryl methyl sites for hydroxylation is 2. The number of amides is 1. The van der Waals surface area contributed by atoms with Crippen molar-refractivity contribution in [1.82, 2.24) is 0 Å². The predicted octanol–water partition coefficient (Wildman–Crippen LogP) is 4.35. The van der Waals surface area contributed by atoms with Crippen molar-refractivity contribution in [1.29, 1.82) is 0 Å². The molecule has 0 aliphatic heterocycles. The normalized spacial score (nSPS) is 10.3. The average Bonchev–Trinajstić information content (AvgIpc) is 2.33. The summed E-state index contributed by atoms with van der Waals surface area (Å²) in [4.78, 5) is 12.1. The zero-order valence-electron chi connectivity index (χ0n) is 10.6. The van der Waals surface area contributed by atoms with Crippen molar-refractivity contribution in [3.8, 4) is 0 Å². The van der Waals surface area contributed by atoms with Crippen LogP contribution in [-0.2, 0) is 0 Å². The Balaban J connectivity index is 2.28. The van der Waals surface area contributed by atoms with Crippen molar-refractivity contribution in [2.75, 3.05) is 5.32 Å². The van der Waals surface area contributed by atoms with E-state index < -0.39 is 5.82 Å². The van der Waals surface area contributed by atoms with Crippen molar-refractivity contribution in [2.45, 2.75) is 13.8 Å². The van der Waals surface area contributed by atoms with Crippen LogP contribution < -0.4 is 5.32 Å². The van der Waals surface area contributed by atoms with Crippen molar-refractivity contribution in [3.63, 3.8) is 0 Å². The number of halogens is 2. The highest BCUT2D eigenvalue weighted by molar-refractivity contribution is 6.34. The van der Waals surface area contributed by atoms with Gasteiger partial charge in [-0.3, -0.25) is 4.79 Å². The third-order valence-electron chi connectivity index (χ3n) is 2.82. The van der Waals surface area contributed by atoms with Crippen LogP contribution in [0.15, 0.2) is 36.4 Å². The number of benzene rings is 2. The lowest BCUT2D eigenvalue weighted by molar-refractivity contribution is 0.102. The van der Waals surface area contributed by atoms with Crippen molar-refractivity contribution in [2.24, 2.45) is 0 Å². The molecule has 0 heterocycles. The fourth-order valence-corrected chi connectivity index (χ4v) is 1.99. The molecule has 0 aliphatic carbocycles. The lowest BCUT2D eigenvalue weighted by atomic mass is 10.1. The van der Waals surface area contributed by atoms with Gasteiger partial charge in [0.25, 0.3) is 5.91 Å². The van der Waals surface area contributed by atoms with E-state index in [1.165, 1.54) is 12.1 Å². The predicted molar refractivity (Wildman–Crippen MR) is 75.3 cm³/mol. The molecule has 2 aromatic rings. The summed E-state index contributed by atoms with van der Waals surface area (Å²) >= 11 is 5.86. The Morgan fingerprint density at radius 1 is 1.16 bits per heavy atom. The first-order chi connectivity index (χ1) is 8.97. The van der Waals surface area contributed by atoms with Gasteiger partial charge in [0, 0.05) is 5.69 Å². The van der Waals surface area contributed by atoms with Gasteiger partial charge < -0.3 is 5.32 Å². The van der Waals surface area contributed by atoms with Gasteiger partial charge in [0.1, 0.15) is 5.82 Å². The van der Waals surface area contributed by atoms with E-state index in [1.54, 1.807) is 0 Å². The number of rotatable bonds is 2. The van der Waals surface area contributed by atoms with Crippen LogP contribution in [0.25, 0.3) is 0 Å². The molecule has 0 saturated carbocycles. The Kier molecular flexibility index (Phi) is 3.86. The maximum absolute atomic E-state index is 12.9. The number of carbonyl (C=O) groups excluding carboxylic acids is 1. The molecule has 0 aliphatic rings. The Labute approximate surface area is 116 Å². The van der Waals surface area contributed by atoms with E-state index >= 15 is 0 Å². The summed E-state index contributed by atoms with van der Waals surface area (Å²) < 4.78 is 12.9. The first-order valence-electron chi connectivity index (χ1n) is 5.81. The highest BCUT2D eigenvalue weighted by atomic mass is 35.5. The molecule has 19 heavy (non-hydrogen) atoms. The molecule has 4 heteroatoms. The molecule has 0 aromatic heterocycles. The van der Waals surface area contributed by atoms with Gasteiger partial charge in [-0.25, -0.2) is 4.39 Å². The zero-order valence-corrected chi connectivity index (χ0v) is 11.4. The first kappa shape index (κ1) is 13.6. The minimum Gasteiger partial charge on any atom is -0.322 e. The highest BCUT2D eigenvalue weighted by Crippen LogP contribution is 2.21. The molecule has 1 amide bonds. The van der Waals surface area contributed by atoms with E-state index in [1.807, 2.05) is 32.0 Å². The molecule has 0 fully saturated rings. The molecule has 1 N–H and O–H groups in total. The van der Waals surface area contributed by atoms with Crippen LogP contribution in [-0.4, -0.2) is 5.91 Å². The first-order valence-corrected chi connectivity index (χ1v) is 6.19. The summed E-state index contributed by atoms with van der Waals surface area (Å²) in [6.45, 7) is 3.85. The molecule has 2 nitrogen and oxygen atoms in total. The standard InChI is InChI=1S/C15H13ClFNO/c1-9-3-4-10(2)14(7-9)18-15(19)12-6-5-11(17)8-13(12)16/h3-8H,1-2H3,(H,18,19). The van der Waals surface area contributed by atoms with Crippen LogP contribution in [0.1, 0.15) is 21.5 Å². The van der Waals surface area contributed by atoms with Gasteiger partial charge in [-0.2, -0.15) is 0 Å². The number of anilines is 1. The van der Waals surface area contributed by atoms with Gasteiger partial charge in [-0.15, -0.1) is 0 Å². The monoisotopic (exact) mass is 277 g/mol. The minimum absolute atomic E-state index is 0.0998. The quantitative estimate of drug-likeness (QED) is 0.869. The van der Waals surface area contributed by atoms with E-state index in [0.29, 0.717) is 0 Å². The second-order valence-corrected chi connectivity index (χ2v) is 4.80. The summed E-state index contributed by atoms with van der Waals surface area (Å²) in [5, 5.41) is 2.88. The lowest BCUT2D eigenvalue weighted by Crippen LogP contribution is -2.13. The molecule has 0 saturated heterocycles. The highest BCUT2D eigenvalue weighted by Gasteiger charge is 2.12. The van der Waals surface area contributed by atoms with Crippen LogP contribution in [0.2, 0.25) is 5.02 Å². The van der Waals surface area contributed by atoms with Crippen LogP contribution >= 0.6 is 11.6 Å². The molecule has 0 radical (unpaired) electrons. The van der Waals surface area contributed by atoms with Gasteiger partial charge >= 0.3 is 0 Å². The van der Waals surface area contributed by atoms with Crippen LogP contribution in [0, 0.1) is 19.7 Å². The van der Waals surface area contributed by atoms with Crippen molar-refractivity contribution in [3.05, 3.63) is 63.9 Å². The molecule has 0 spiro atoms. The van der Waals surface area contributed by atoms with Gasteiger partial charge in [0.05, 0.1) is 10.6 Å². The Bertz CT molecular complexity index is 640. The SMILES string of the molecule is Cc1ccc(C)c(NC(=O)c2ccc(F)cc2Cl)c1. The van der Waals surface area contributed by atoms with Crippen LogP contribution in [0.4, 0.5) is 10.1 Å². The molecular weight excluding hydrogens is 265 g/mol. The summed E-state index contributed by atoms with van der Waals surface area (Å²) in [6, 6.07) is 9.49. The van der Waals surface area contributed by atoms with Crippen molar-refractivity contribution >= 4 is 23.2 Å². The Hall–Kier alpha value is -1.87. The molecule has 2 rings (SSSR count). The van der Waals surface area contributed by atoms with Gasteiger partial charge in [0.2, 0.25) is 0 Å². The maximum Gasteiger partial charge on any atom is 0.257 e. The van der Waals surface area contributed by atoms with Crippen LogP contribution in [0.3, 0.4) is 0 Å². The largest absolute Gasteiger partial charge is 0.322 e.